The zero-order valence-corrected chi connectivity index (χ0v) is 14.6. The van der Waals surface area contributed by atoms with Crippen molar-refractivity contribution in [3.63, 3.8) is 0 Å². The van der Waals surface area contributed by atoms with Gasteiger partial charge in [0.1, 0.15) is 5.82 Å². The van der Waals surface area contributed by atoms with Crippen LogP contribution in [0.15, 0.2) is 24.3 Å². The Kier molecular flexibility index (Phi) is 6.41. The summed E-state index contributed by atoms with van der Waals surface area (Å²) in [6.45, 7) is 17.6. The van der Waals surface area contributed by atoms with E-state index in [1.807, 2.05) is 6.92 Å². The van der Waals surface area contributed by atoms with E-state index in [-0.39, 0.29) is 5.41 Å². The topological polar surface area (TPSA) is 28.2 Å². The molecule has 0 fully saturated rings. The van der Waals surface area contributed by atoms with Gasteiger partial charge in [0.15, 0.2) is 0 Å². The first-order valence-electron chi connectivity index (χ1n) is 7.81. The minimum absolute atomic E-state index is 0.0551. The SMILES string of the molecule is C=C(C)CN(C)c1cc(CNCCC)cc(C(C)(C)C)n1. The molecule has 1 rings (SSSR count). The van der Waals surface area contributed by atoms with Gasteiger partial charge in [-0.15, -0.1) is 0 Å². The van der Waals surface area contributed by atoms with Crippen LogP contribution in [0.4, 0.5) is 5.82 Å². The van der Waals surface area contributed by atoms with Crippen molar-refractivity contribution < 1.29 is 0 Å². The largest absolute Gasteiger partial charge is 0.356 e. The number of anilines is 1. The van der Waals surface area contributed by atoms with Gasteiger partial charge < -0.3 is 10.2 Å². The van der Waals surface area contributed by atoms with E-state index in [1.165, 1.54) is 5.56 Å². The summed E-state index contributed by atoms with van der Waals surface area (Å²) in [6, 6.07) is 4.40. The molecule has 0 atom stereocenters. The lowest BCUT2D eigenvalue weighted by molar-refractivity contribution is 0.565. The summed E-state index contributed by atoms with van der Waals surface area (Å²) in [7, 11) is 2.08. The molecule has 0 aliphatic heterocycles. The van der Waals surface area contributed by atoms with Gasteiger partial charge in [-0.05, 0) is 37.6 Å². The van der Waals surface area contributed by atoms with E-state index in [0.717, 1.165) is 43.1 Å². The van der Waals surface area contributed by atoms with E-state index < -0.39 is 0 Å². The number of aromatic nitrogens is 1. The fourth-order valence-corrected chi connectivity index (χ4v) is 2.15. The normalized spacial score (nSPS) is 11.5. The molecule has 0 amide bonds. The Hall–Kier alpha value is -1.35. The second kappa shape index (κ2) is 7.60. The van der Waals surface area contributed by atoms with Crippen molar-refractivity contribution in [2.24, 2.45) is 0 Å². The van der Waals surface area contributed by atoms with Crippen molar-refractivity contribution in [2.75, 3.05) is 25.0 Å². The van der Waals surface area contributed by atoms with Gasteiger partial charge >= 0.3 is 0 Å². The zero-order chi connectivity index (χ0) is 16.0. The number of hydrogen-bond donors (Lipinski definition) is 1. The smallest absolute Gasteiger partial charge is 0.129 e. The maximum absolute atomic E-state index is 4.84. The van der Waals surface area contributed by atoms with E-state index in [0.29, 0.717) is 0 Å². The first kappa shape index (κ1) is 17.7. The molecular weight excluding hydrogens is 258 g/mol. The van der Waals surface area contributed by atoms with Gasteiger partial charge in [-0.1, -0.05) is 39.8 Å². The van der Waals surface area contributed by atoms with Crippen molar-refractivity contribution in [3.8, 4) is 0 Å². The van der Waals surface area contributed by atoms with Crippen molar-refractivity contribution in [3.05, 3.63) is 35.5 Å². The van der Waals surface area contributed by atoms with Gasteiger partial charge in [0.05, 0.1) is 0 Å². The van der Waals surface area contributed by atoms with Crippen LogP contribution in [-0.4, -0.2) is 25.1 Å². The Labute approximate surface area is 130 Å². The molecule has 118 valence electrons. The van der Waals surface area contributed by atoms with Crippen LogP contribution in [0, 0.1) is 0 Å². The quantitative estimate of drug-likeness (QED) is 0.609. The highest BCUT2D eigenvalue weighted by molar-refractivity contribution is 5.44. The van der Waals surface area contributed by atoms with Crippen LogP contribution in [0.5, 0.6) is 0 Å². The van der Waals surface area contributed by atoms with Crippen LogP contribution in [0.2, 0.25) is 0 Å². The summed E-state index contributed by atoms with van der Waals surface area (Å²) in [5, 5.41) is 3.47. The van der Waals surface area contributed by atoms with E-state index in [1.54, 1.807) is 0 Å². The molecule has 0 bridgehead atoms. The molecule has 0 saturated heterocycles. The van der Waals surface area contributed by atoms with Crippen LogP contribution in [-0.2, 0) is 12.0 Å². The van der Waals surface area contributed by atoms with Gasteiger partial charge in [0, 0.05) is 31.2 Å². The highest BCUT2D eigenvalue weighted by Gasteiger charge is 2.18. The number of nitrogens with one attached hydrogen (secondary N) is 1. The predicted octanol–water partition coefficient (Wildman–Crippen LogP) is 3.89. The summed E-state index contributed by atoms with van der Waals surface area (Å²) in [5.41, 5.74) is 3.64. The molecule has 3 nitrogen and oxygen atoms in total. The summed E-state index contributed by atoms with van der Waals surface area (Å²) in [5.74, 6) is 1.03. The van der Waals surface area contributed by atoms with Crippen molar-refractivity contribution in [2.45, 2.75) is 53.0 Å². The Balaban J connectivity index is 3.05. The minimum Gasteiger partial charge on any atom is -0.356 e. The number of likely N-dealkylation sites (N-methyl/N-ethyl adjacent to an activating group) is 1. The maximum Gasteiger partial charge on any atom is 0.129 e. The summed E-state index contributed by atoms with van der Waals surface area (Å²) in [4.78, 5) is 7.01. The molecule has 1 aromatic heterocycles. The summed E-state index contributed by atoms with van der Waals surface area (Å²) < 4.78 is 0. The zero-order valence-electron chi connectivity index (χ0n) is 14.6. The molecule has 0 saturated carbocycles. The Bertz CT molecular complexity index is 472. The molecule has 1 aromatic rings. The Morgan fingerprint density at radius 3 is 2.52 bits per heavy atom. The van der Waals surface area contributed by atoms with E-state index in [9.17, 15) is 0 Å². The molecule has 0 aliphatic rings. The van der Waals surface area contributed by atoms with Gasteiger partial charge in [-0.2, -0.15) is 0 Å². The second-order valence-electron chi connectivity index (χ2n) is 6.96. The molecule has 21 heavy (non-hydrogen) atoms. The van der Waals surface area contributed by atoms with Crippen LogP contribution in [0.3, 0.4) is 0 Å². The van der Waals surface area contributed by atoms with E-state index >= 15 is 0 Å². The fourth-order valence-electron chi connectivity index (χ4n) is 2.15. The van der Waals surface area contributed by atoms with Gasteiger partial charge in [-0.25, -0.2) is 4.98 Å². The summed E-state index contributed by atoms with van der Waals surface area (Å²) in [6.07, 6.45) is 1.15. The Morgan fingerprint density at radius 2 is 2.00 bits per heavy atom. The van der Waals surface area contributed by atoms with Gasteiger partial charge in [-0.3, -0.25) is 0 Å². The van der Waals surface area contributed by atoms with Crippen LogP contribution in [0.25, 0.3) is 0 Å². The van der Waals surface area contributed by atoms with Gasteiger partial charge in [0.2, 0.25) is 0 Å². The lowest BCUT2D eigenvalue weighted by Gasteiger charge is -2.24. The average Bonchev–Trinajstić information content (AvgIpc) is 2.37. The number of rotatable bonds is 7. The van der Waals surface area contributed by atoms with Crippen LogP contribution >= 0.6 is 0 Å². The second-order valence-corrected chi connectivity index (χ2v) is 6.96. The molecule has 3 heteroatoms. The highest BCUT2D eigenvalue weighted by atomic mass is 15.2. The van der Waals surface area contributed by atoms with Crippen LogP contribution < -0.4 is 10.2 Å². The average molecular weight is 289 g/mol. The molecular formula is C18H31N3. The number of nitrogens with zero attached hydrogens (tertiary/aromatic N) is 2. The molecule has 1 N–H and O–H groups in total. The molecule has 0 aliphatic carbocycles. The first-order chi connectivity index (χ1) is 9.74. The highest BCUT2D eigenvalue weighted by Crippen LogP contribution is 2.24. The first-order valence-corrected chi connectivity index (χ1v) is 7.81. The third kappa shape index (κ3) is 5.88. The standard InChI is InChI=1S/C18H31N3/c1-8-9-19-12-15-10-16(18(4,5)6)20-17(11-15)21(7)13-14(2)3/h10-11,19H,2,8-9,12-13H2,1,3-7H3. The predicted molar refractivity (Wildman–Crippen MR) is 93.0 cm³/mol. The van der Waals surface area contributed by atoms with Crippen molar-refractivity contribution in [1.82, 2.24) is 10.3 Å². The van der Waals surface area contributed by atoms with Gasteiger partial charge in [0.25, 0.3) is 0 Å². The number of hydrogen-bond acceptors (Lipinski definition) is 3. The molecule has 1 heterocycles. The molecule has 0 radical (unpaired) electrons. The molecule has 0 spiro atoms. The number of pyridine rings is 1. The monoisotopic (exact) mass is 289 g/mol. The fraction of sp³-hybridized carbons (Fsp3) is 0.611. The minimum atomic E-state index is 0.0551. The Morgan fingerprint density at radius 1 is 1.33 bits per heavy atom. The molecule has 0 unspecified atom stereocenters. The van der Waals surface area contributed by atoms with E-state index in [2.05, 4.69) is 63.7 Å². The van der Waals surface area contributed by atoms with Crippen molar-refractivity contribution in [1.29, 1.82) is 0 Å². The molecule has 0 aromatic carbocycles. The third-order valence-corrected chi connectivity index (χ3v) is 3.29. The maximum atomic E-state index is 4.84. The van der Waals surface area contributed by atoms with E-state index in [4.69, 9.17) is 4.98 Å². The van der Waals surface area contributed by atoms with Crippen LogP contribution in [0.1, 0.15) is 52.3 Å². The lowest BCUT2D eigenvalue weighted by atomic mass is 9.90. The van der Waals surface area contributed by atoms with Crippen molar-refractivity contribution >= 4 is 5.82 Å². The lowest BCUT2D eigenvalue weighted by Crippen LogP contribution is -2.24. The summed E-state index contributed by atoms with van der Waals surface area (Å²) >= 11 is 0. The third-order valence-electron chi connectivity index (χ3n) is 3.29.